The minimum Gasteiger partial charge on any atom is -0.439 e. The first-order valence-electron chi connectivity index (χ1n) is 7.65. The Bertz CT molecular complexity index is 790. The van der Waals surface area contributed by atoms with Gasteiger partial charge in [-0.15, -0.1) is 11.3 Å². The molecule has 0 saturated carbocycles. The second-order valence-corrected chi connectivity index (χ2v) is 6.49. The molecule has 0 bridgehead atoms. The lowest BCUT2D eigenvalue weighted by molar-refractivity contribution is 0.462. The van der Waals surface area contributed by atoms with Crippen LogP contribution >= 0.6 is 11.3 Å². The van der Waals surface area contributed by atoms with Crippen LogP contribution in [0.3, 0.4) is 0 Å². The lowest BCUT2D eigenvalue weighted by Gasteiger charge is -2.12. The van der Waals surface area contributed by atoms with Gasteiger partial charge in [0.2, 0.25) is 5.88 Å². The van der Waals surface area contributed by atoms with Crippen molar-refractivity contribution in [3.63, 3.8) is 0 Å². The molecule has 1 atom stereocenters. The smallest absolute Gasteiger partial charge is 0.224 e. The molecule has 6 nitrogen and oxygen atoms in total. The second-order valence-electron chi connectivity index (χ2n) is 5.63. The first kappa shape index (κ1) is 16.4. The topological polar surface area (TPSA) is 86.0 Å². The molecule has 0 spiro atoms. The number of anilines is 2. The van der Waals surface area contributed by atoms with Gasteiger partial charge in [0.15, 0.2) is 5.13 Å². The number of benzene rings is 1. The summed E-state index contributed by atoms with van der Waals surface area (Å²) in [7, 11) is 0. The summed E-state index contributed by atoms with van der Waals surface area (Å²) >= 11 is 1.50. The van der Waals surface area contributed by atoms with Gasteiger partial charge in [-0.25, -0.2) is 15.0 Å². The molecule has 0 aliphatic rings. The number of thiazole rings is 1. The maximum atomic E-state index is 6.13. The molecule has 0 aliphatic heterocycles. The van der Waals surface area contributed by atoms with Gasteiger partial charge in [0.05, 0.1) is 11.7 Å². The average Bonchev–Trinajstić information content (AvgIpc) is 3.03. The number of hydrogen-bond donors (Lipinski definition) is 2. The first-order valence-corrected chi connectivity index (χ1v) is 8.53. The van der Waals surface area contributed by atoms with Crippen molar-refractivity contribution in [1.82, 2.24) is 15.0 Å². The zero-order valence-electron chi connectivity index (χ0n) is 13.5. The van der Waals surface area contributed by atoms with Crippen LogP contribution in [0.5, 0.6) is 11.6 Å². The van der Waals surface area contributed by atoms with Crippen molar-refractivity contribution in [2.75, 3.05) is 5.32 Å². The van der Waals surface area contributed by atoms with Crippen molar-refractivity contribution in [2.45, 2.75) is 19.9 Å². The molecule has 0 radical (unpaired) electrons. The molecular weight excluding hydrogens is 322 g/mol. The zero-order valence-corrected chi connectivity index (χ0v) is 14.3. The number of ether oxygens (including phenoxy) is 1. The Labute approximate surface area is 144 Å². The molecule has 1 unspecified atom stereocenters. The molecule has 3 aromatic rings. The molecule has 24 heavy (non-hydrogen) atoms. The summed E-state index contributed by atoms with van der Waals surface area (Å²) in [4.78, 5) is 12.8. The number of nitrogens with zero attached hydrogens (tertiary/aromatic N) is 3. The summed E-state index contributed by atoms with van der Waals surface area (Å²) in [6.07, 6.45) is 1.45. The fourth-order valence-electron chi connectivity index (χ4n) is 2.02. The SMILES string of the molecule is CC(C)C(N)c1csc(Nc2cc(Oc3ccccc3)ncn2)n1. The Balaban J connectivity index is 1.71. The van der Waals surface area contributed by atoms with E-state index < -0.39 is 0 Å². The fraction of sp³-hybridized carbons (Fsp3) is 0.235. The van der Waals surface area contributed by atoms with Gasteiger partial charge in [0, 0.05) is 11.4 Å². The minimum atomic E-state index is -0.0702. The third kappa shape index (κ3) is 4.06. The highest BCUT2D eigenvalue weighted by molar-refractivity contribution is 7.13. The van der Waals surface area contributed by atoms with E-state index in [-0.39, 0.29) is 6.04 Å². The molecule has 124 valence electrons. The normalized spacial score (nSPS) is 12.2. The van der Waals surface area contributed by atoms with E-state index in [9.17, 15) is 0 Å². The van der Waals surface area contributed by atoms with Gasteiger partial charge in [0.25, 0.3) is 0 Å². The molecule has 1 aromatic carbocycles. The summed E-state index contributed by atoms with van der Waals surface area (Å²) < 4.78 is 5.70. The van der Waals surface area contributed by atoms with Crippen LogP contribution in [0, 0.1) is 5.92 Å². The zero-order chi connectivity index (χ0) is 16.9. The highest BCUT2D eigenvalue weighted by atomic mass is 32.1. The van der Waals surface area contributed by atoms with E-state index in [1.54, 1.807) is 6.07 Å². The van der Waals surface area contributed by atoms with E-state index in [4.69, 9.17) is 10.5 Å². The molecular formula is C17H19N5OS. The van der Waals surface area contributed by atoms with Crippen LogP contribution in [0.1, 0.15) is 25.6 Å². The highest BCUT2D eigenvalue weighted by Crippen LogP contribution is 2.27. The summed E-state index contributed by atoms with van der Waals surface area (Å²) in [5.74, 6) is 2.15. The van der Waals surface area contributed by atoms with Crippen LogP contribution in [0.2, 0.25) is 0 Å². The van der Waals surface area contributed by atoms with Crippen LogP contribution in [0.15, 0.2) is 48.1 Å². The van der Waals surface area contributed by atoms with Crippen LogP contribution in [-0.4, -0.2) is 15.0 Å². The Hall–Kier alpha value is -2.51. The van der Waals surface area contributed by atoms with E-state index in [1.165, 1.54) is 17.7 Å². The maximum absolute atomic E-state index is 6.13. The van der Waals surface area contributed by atoms with Crippen LogP contribution < -0.4 is 15.8 Å². The Kier molecular flexibility index (Phi) is 5.02. The van der Waals surface area contributed by atoms with Crippen LogP contribution in [-0.2, 0) is 0 Å². The number of para-hydroxylation sites is 1. The molecule has 0 saturated heterocycles. The van der Waals surface area contributed by atoms with Gasteiger partial charge in [-0.3, -0.25) is 0 Å². The average molecular weight is 341 g/mol. The molecule has 2 heterocycles. The molecule has 0 fully saturated rings. The molecule has 7 heteroatoms. The van der Waals surface area contributed by atoms with Crippen LogP contribution in [0.25, 0.3) is 0 Å². The van der Waals surface area contributed by atoms with Gasteiger partial charge >= 0.3 is 0 Å². The van der Waals surface area contributed by atoms with Crippen LogP contribution in [0.4, 0.5) is 10.9 Å². The number of hydrogen-bond acceptors (Lipinski definition) is 7. The predicted octanol–water partition coefficient (Wildman–Crippen LogP) is 4.12. The largest absolute Gasteiger partial charge is 0.439 e. The maximum Gasteiger partial charge on any atom is 0.224 e. The molecule has 0 aliphatic carbocycles. The second kappa shape index (κ2) is 7.37. The molecule has 2 aromatic heterocycles. The van der Waals surface area contributed by atoms with E-state index in [0.717, 1.165) is 16.6 Å². The van der Waals surface area contributed by atoms with Gasteiger partial charge in [0.1, 0.15) is 17.9 Å². The highest BCUT2D eigenvalue weighted by Gasteiger charge is 2.14. The Morgan fingerprint density at radius 1 is 1.17 bits per heavy atom. The quantitative estimate of drug-likeness (QED) is 0.701. The van der Waals surface area contributed by atoms with E-state index in [0.29, 0.717) is 17.6 Å². The number of aromatic nitrogens is 3. The number of nitrogens with two attached hydrogens (primary N) is 1. The summed E-state index contributed by atoms with van der Waals surface area (Å²) in [6, 6.07) is 11.2. The monoisotopic (exact) mass is 341 g/mol. The van der Waals surface area contributed by atoms with Crippen molar-refractivity contribution >= 4 is 22.3 Å². The predicted molar refractivity (Wildman–Crippen MR) is 95.7 cm³/mol. The van der Waals surface area contributed by atoms with Crippen molar-refractivity contribution in [3.05, 3.63) is 53.8 Å². The summed E-state index contributed by atoms with van der Waals surface area (Å²) in [5.41, 5.74) is 7.01. The lowest BCUT2D eigenvalue weighted by Crippen LogP contribution is -2.16. The standard InChI is InChI=1S/C17H19N5OS/c1-11(2)16(18)13-9-24-17(21-13)22-14-8-15(20-10-19-14)23-12-6-4-3-5-7-12/h3-11,16H,18H2,1-2H3,(H,19,20,21,22). The van der Waals surface area contributed by atoms with E-state index in [1.807, 2.05) is 35.7 Å². The Morgan fingerprint density at radius 3 is 2.71 bits per heavy atom. The molecule has 3 rings (SSSR count). The fourth-order valence-corrected chi connectivity index (χ4v) is 2.78. The third-order valence-corrected chi connectivity index (χ3v) is 4.20. The van der Waals surface area contributed by atoms with Crippen molar-refractivity contribution in [3.8, 4) is 11.6 Å². The molecule has 0 amide bonds. The van der Waals surface area contributed by atoms with Gasteiger partial charge in [-0.1, -0.05) is 32.0 Å². The number of nitrogens with one attached hydrogen (secondary N) is 1. The van der Waals surface area contributed by atoms with Gasteiger partial charge in [-0.05, 0) is 18.1 Å². The number of rotatable bonds is 6. The van der Waals surface area contributed by atoms with E-state index >= 15 is 0 Å². The van der Waals surface area contributed by atoms with Crippen molar-refractivity contribution in [1.29, 1.82) is 0 Å². The van der Waals surface area contributed by atoms with Gasteiger partial charge in [-0.2, -0.15) is 0 Å². The van der Waals surface area contributed by atoms with Gasteiger partial charge < -0.3 is 15.8 Å². The van der Waals surface area contributed by atoms with Crippen molar-refractivity contribution < 1.29 is 4.74 Å². The van der Waals surface area contributed by atoms with Crippen molar-refractivity contribution in [2.24, 2.45) is 11.7 Å². The third-order valence-electron chi connectivity index (χ3n) is 3.42. The molecule has 3 N–H and O–H groups in total. The summed E-state index contributed by atoms with van der Waals surface area (Å²) in [6.45, 7) is 4.16. The lowest BCUT2D eigenvalue weighted by atomic mass is 10.0. The summed E-state index contributed by atoms with van der Waals surface area (Å²) in [5, 5.41) is 5.87. The van der Waals surface area contributed by atoms with E-state index in [2.05, 4.69) is 34.1 Å². The minimum absolute atomic E-state index is 0.0702. The first-order chi connectivity index (χ1) is 11.6. The Morgan fingerprint density at radius 2 is 1.96 bits per heavy atom.